The lowest BCUT2D eigenvalue weighted by Gasteiger charge is -2.03. The average molecular weight is 333 g/mol. The molecule has 0 saturated heterocycles. The van der Waals surface area contributed by atoms with Gasteiger partial charge in [-0.05, 0) is 22.9 Å². The summed E-state index contributed by atoms with van der Waals surface area (Å²) in [6.45, 7) is 0. The molecule has 118 valence electrons. The third-order valence-electron chi connectivity index (χ3n) is 3.79. The minimum atomic E-state index is 0.774. The van der Waals surface area contributed by atoms with Gasteiger partial charge in [-0.15, -0.1) is 11.3 Å². The summed E-state index contributed by atoms with van der Waals surface area (Å²) in [5.41, 5.74) is 1.96. The van der Waals surface area contributed by atoms with E-state index >= 15 is 0 Å². The SMILES string of the molecule is CN=c1scc(-c2ccco2)n1N=Cc1cccc2ccccc12. The Morgan fingerprint density at radius 3 is 2.75 bits per heavy atom. The average Bonchev–Trinajstić information content (AvgIpc) is 3.28. The van der Waals surface area contributed by atoms with Crippen LogP contribution in [0.25, 0.3) is 22.2 Å². The van der Waals surface area contributed by atoms with E-state index < -0.39 is 0 Å². The lowest BCUT2D eigenvalue weighted by molar-refractivity contribution is 0.575. The molecule has 0 fully saturated rings. The van der Waals surface area contributed by atoms with E-state index in [-0.39, 0.29) is 0 Å². The molecule has 0 aliphatic carbocycles. The van der Waals surface area contributed by atoms with Gasteiger partial charge in [0, 0.05) is 18.0 Å². The number of furan rings is 1. The first-order chi connectivity index (χ1) is 11.9. The van der Waals surface area contributed by atoms with Crippen molar-refractivity contribution in [1.82, 2.24) is 4.68 Å². The van der Waals surface area contributed by atoms with Crippen molar-refractivity contribution in [2.75, 3.05) is 7.05 Å². The molecule has 4 aromatic rings. The molecule has 0 radical (unpaired) electrons. The van der Waals surface area contributed by atoms with E-state index in [1.807, 2.05) is 46.6 Å². The zero-order valence-electron chi connectivity index (χ0n) is 13.1. The highest BCUT2D eigenvalue weighted by atomic mass is 32.1. The summed E-state index contributed by atoms with van der Waals surface area (Å²) in [6, 6.07) is 18.3. The molecule has 0 amide bonds. The molecule has 5 heteroatoms. The van der Waals surface area contributed by atoms with Crippen LogP contribution in [-0.2, 0) is 0 Å². The molecule has 4 rings (SSSR count). The highest BCUT2D eigenvalue weighted by molar-refractivity contribution is 7.07. The Bertz CT molecular complexity index is 1070. The van der Waals surface area contributed by atoms with Crippen molar-refractivity contribution in [2.24, 2.45) is 10.1 Å². The van der Waals surface area contributed by atoms with Crippen molar-refractivity contribution >= 4 is 28.3 Å². The van der Waals surface area contributed by atoms with Gasteiger partial charge in [0.2, 0.25) is 4.80 Å². The van der Waals surface area contributed by atoms with Crippen molar-refractivity contribution in [1.29, 1.82) is 0 Å². The van der Waals surface area contributed by atoms with Crippen LogP contribution in [0.4, 0.5) is 0 Å². The van der Waals surface area contributed by atoms with E-state index in [0.29, 0.717) is 0 Å². The van der Waals surface area contributed by atoms with Gasteiger partial charge in [-0.1, -0.05) is 42.5 Å². The third-order valence-corrected chi connectivity index (χ3v) is 4.69. The maximum absolute atomic E-state index is 5.51. The summed E-state index contributed by atoms with van der Waals surface area (Å²) >= 11 is 1.54. The van der Waals surface area contributed by atoms with E-state index in [2.05, 4.69) is 34.4 Å². The number of hydrogen-bond donors (Lipinski definition) is 0. The molecule has 0 N–H and O–H groups in total. The maximum atomic E-state index is 5.51. The summed E-state index contributed by atoms with van der Waals surface area (Å²) in [7, 11) is 1.77. The highest BCUT2D eigenvalue weighted by Crippen LogP contribution is 2.21. The van der Waals surface area contributed by atoms with E-state index in [9.17, 15) is 0 Å². The molecule has 2 aromatic carbocycles. The number of aromatic nitrogens is 1. The van der Waals surface area contributed by atoms with Crippen LogP contribution >= 0.6 is 11.3 Å². The van der Waals surface area contributed by atoms with Crippen LogP contribution in [0.15, 0.2) is 80.8 Å². The molecular formula is C19H15N3OS. The summed E-state index contributed by atoms with van der Waals surface area (Å²) < 4.78 is 7.32. The summed E-state index contributed by atoms with van der Waals surface area (Å²) in [5, 5.41) is 9.04. The molecular weight excluding hydrogens is 318 g/mol. The molecule has 0 atom stereocenters. The van der Waals surface area contributed by atoms with Gasteiger partial charge in [0.25, 0.3) is 0 Å². The maximum Gasteiger partial charge on any atom is 0.206 e. The van der Waals surface area contributed by atoms with Crippen molar-refractivity contribution in [3.63, 3.8) is 0 Å². The van der Waals surface area contributed by atoms with E-state index in [1.54, 1.807) is 13.3 Å². The highest BCUT2D eigenvalue weighted by Gasteiger charge is 2.09. The number of thiazole rings is 1. The predicted octanol–water partition coefficient (Wildman–Crippen LogP) is 4.38. The zero-order valence-corrected chi connectivity index (χ0v) is 13.9. The van der Waals surface area contributed by atoms with Crippen molar-refractivity contribution in [3.8, 4) is 11.5 Å². The molecule has 0 bridgehead atoms. The molecule has 0 saturated carbocycles. The minimum absolute atomic E-state index is 0.774. The predicted molar refractivity (Wildman–Crippen MR) is 98.4 cm³/mol. The molecule has 0 aliphatic heterocycles. The Morgan fingerprint density at radius 2 is 1.92 bits per heavy atom. The normalized spacial score (nSPS) is 12.5. The lowest BCUT2D eigenvalue weighted by Crippen LogP contribution is -2.11. The van der Waals surface area contributed by atoms with Crippen LogP contribution in [0.3, 0.4) is 0 Å². The number of benzene rings is 2. The van der Waals surface area contributed by atoms with Crippen molar-refractivity contribution in [3.05, 3.63) is 76.6 Å². The number of fused-ring (bicyclic) bond motifs is 1. The Hall–Kier alpha value is -2.92. The number of hydrogen-bond acceptors (Lipinski definition) is 4. The van der Waals surface area contributed by atoms with Crippen LogP contribution in [0.5, 0.6) is 0 Å². The first-order valence-electron chi connectivity index (χ1n) is 7.56. The quantitative estimate of drug-likeness (QED) is 0.513. The van der Waals surface area contributed by atoms with Crippen LogP contribution in [0.1, 0.15) is 5.56 Å². The number of rotatable bonds is 3. The second-order valence-electron chi connectivity index (χ2n) is 5.23. The summed E-state index contributed by atoms with van der Waals surface area (Å²) in [4.78, 5) is 5.12. The fourth-order valence-electron chi connectivity index (χ4n) is 2.64. The topological polar surface area (TPSA) is 42.8 Å². The molecule has 24 heavy (non-hydrogen) atoms. The Balaban J connectivity index is 1.83. The fraction of sp³-hybridized carbons (Fsp3) is 0.0526. The Kier molecular flexibility index (Phi) is 3.84. The van der Waals surface area contributed by atoms with Gasteiger partial charge in [-0.2, -0.15) is 5.10 Å². The van der Waals surface area contributed by atoms with Crippen molar-refractivity contribution < 1.29 is 4.42 Å². The first-order valence-corrected chi connectivity index (χ1v) is 8.44. The van der Waals surface area contributed by atoms with Crippen LogP contribution < -0.4 is 4.80 Å². The molecule has 0 spiro atoms. The lowest BCUT2D eigenvalue weighted by atomic mass is 10.1. The molecule has 0 aliphatic rings. The third kappa shape index (κ3) is 2.59. The van der Waals surface area contributed by atoms with E-state index in [0.717, 1.165) is 21.8 Å². The van der Waals surface area contributed by atoms with Crippen LogP contribution in [0.2, 0.25) is 0 Å². The van der Waals surface area contributed by atoms with E-state index in [4.69, 9.17) is 4.42 Å². The first kappa shape index (κ1) is 14.7. The van der Waals surface area contributed by atoms with Crippen LogP contribution in [-0.4, -0.2) is 17.9 Å². The van der Waals surface area contributed by atoms with Crippen molar-refractivity contribution in [2.45, 2.75) is 0 Å². The minimum Gasteiger partial charge on any atom is -0.463 e. The van der Waals surface area contributed by atoms with Gasteiger partial charge >= 0.3 is 0 Å². The largest absolute Gasteiger partial charge is 0.463 e. The summed E-state index contributed by atoms with van der Waals surface area (Å²) in [6.07, 6.45) is 3.53. The second-order valence-corrected chi connectivity index (χ2v) is 6.07. The Morgan fingerprint density at radius 1 is 1.04 bits per heavy atom. The second kappa shape index (κ2) is 6.29. The molecule has 0 unspecified atom stereocenters. The molecule has 2 heterocycles. The standard InChI is InChI=1S/C19H15N3OS/c1-20-19-22(17(13-24-19)18-10-5-11-23-18)21-12-15-8-4-7-14-6-2-3-9-16(14)15/h2-13H,1H3. The summed E-state index contributed by atoms with van der Waals surface area (Å²) in [5.74, 6) is 0.774. The monoisotopic (exact) mass is 333 g/mol. The van der Waals surface area contributed by atoms with Gasteiger partial charge in [0.15, 0.2) is 5.76 Å². The van der Waals surface area contributed by atoms with Gasteiger partial charge < -0.3 is 4.42 Å². The molecule has 4 nitrogen and oxygen atoms in total. The number of nitrogens with zero attached hydrogens (tertiary/aromatic N) is 3. The smallest absolute Gasteiger partial charge is 0.206 e. The van der Waals surface area contributed by atoms with Crippen LogP contribution in [0, 0.1) is 0 Å². The van der Waals surface area contributed by atoms with Gasteiger partial charge in [-0.3, -0.25) is 4.99 Å². The van der Waals surface area contributed by atoms with Gasteiger partial charge in [0.1, 0.15) is 5.69 Å². The Labute approximate surface area is 143 Å². The fourth-order valence-corrected chi connectivity index (χ4v) is 3.42. The molecule has 2 aromatic heterocycles. The zero-order chi connectivity index (χ0) is 16.4. The van der Waals surface area contributed by atoms with Gasteiger partial charge in [-0.25, -0.2) is 4.68 Å². The van der Waals surface area contributed by atoms with Gasteiger partial charge in [0.05, 0.1) is 12.5 Å². The van der Waals surface area contributed by atoms with E-state index in [1.165, 1.54) is 22.1 Å².